The van der Waals surface area contributed by atoms with E-state index in [0.29, 0.717) is 0 Å². The number of hydrogen-bond donors (Lipinski definition) is 0. The van der Waals surface area contributed by atoms with Gasteiger partial charge in [-0.25, -0.2) is 0 Å². The second-order valence-corrected chi connectivity index (χ2v) is 15.4. The molecular weight excluding hydrogens is 696 g/mol. The molecule has 0 atom stereocenters. The minimum atomic E-state index is -1.68. The van der Waals surface area contributed by atoms with E-state index < -0.39 is 15.8 Å². The Balaban J connectivity index is 0.00000108. The zero-order chi connectivity index (χ0) is 28.6. The summed E-state index contributed by atoms with van der Waals surface area (Å²) in [4.78, 5) is 0. The van der Waals surface area contributed by atoms with Crippen LogP contribution in [0.4, 0.5) is 0 Å². The molecule has 0 aliphatic heterocycles. The van der Waals surface area contributed by atoms with Gasteiger partial charge in [0, 0.05) is 24.3 Å². The second kappa shape index (κ2) is 14.4. The molecule has 2 aromatic carbocycles. The summed E-state index contributed by atoms with van der Waals surface area (Å²) in [7, 11) is 9.65. The molecule has 0 saturated heterocycles. The molecule has 6 rings (SSSR count). The summed E-state index contributed by atoms with van der Waals surface area (Å²) >= 11 is -0.106. The van der Waals surface area contributed by atoms with Gasteiger partial charge in [0.25, 0.3) is 22.0 Å². The van der Waals surface area contributed by atoms with Crippen molar-refractivity contribution in [1.29, 1.82) is 0 Å². The van der Waals surface area contributed by atoms with Crippen molar-refractivity contribution in [3.8, 4) is 22.6 Å². The maximum atomic E-state index is 6.00. The summed E-state index contributed by atoms with van der Waals surface area (Å²) in [6, 6.07) is 27.9. The topological polar surface area (TPSA) is 71.0 Å². The fraction of sp³-hybridized carbons (Fsp3) is 0.0667. The van der Waals surface area contributed by atoms with Crippen LogP contribution in [0.5, 0.6) is 11.5 Å². The van der Waals surface area contributed by atoms with Gasteiger partial charge in [-0.05, 0) is 48.5 Å². The van der Waals surface area contributed by atoms with E-state index in [9.17, 15) is 0 Å². The Labute approximate surface area is 256 Å². The van der Waals surface area contributed by atoms with Gasteiger partial charge < -0.3 is 27.1 Å². The second-order valence-electron chi connectivity index (χ2n) is 8.47. The van der Waals surface area contributed by atoms with Crippen LogP contribution in [0.1, 0.15) is 0 Å². The van der Waals surface area contributed by atoms with Crippen LogP contribution in [-0.4, -0.2) is 14.2 Å². The van der Waals surface area contributed by atoms with Gasteiger partial charge in [-0.15, -0.1) is 0 Å². The molecular formula is C30H26Cl2O6P2Pd+2. The third-order valence-corrected chi connectivity index (χ3v) is 11.4. The molecule has 6 nitrogen and oxygen atoms in total. The van der Waals surface area contributed by atoms with Crippen LogP contribution in [0, 0.1) is 0 Å². The Morgan fingerprint density at radius 3 is 1.07 bits per heavy atom. The predicted octanol–water partition coefficient (Wildman–Crippen LogP) is 6.10. The molecule has 6 aromatic rings. The Morgan fingerprint density at radius 2 is 0.829 bits per heavy atom. The fourth-order valence-electron chi connectivity index (χ4n) is 4.79. The molecule has 0 bridgehead atoms. The van der Waals surface area contributed by atoms with E-state index in [4.69, 9.17) is 46.2 Å². The van der Waals surface area contributed by atoms with Crippen LogP contribution in [0.25, 0.3) is 11.1 Å². The summed E-state index contributed by atoms with van der Waals surface area (Å²) in [5, 5.41) is 2.12. The fourth-order valence-corrected chi connectivity index (χ4v) is 9.66. The summed E-state index contributed by atoms with van der Waals surface area (Å²) in [5.74, 6) is 1.46. The molecule has 41 heavy (non-hydrogen) atoms. The number of methoxy groups -OCH3 is 2. The zero-order valence-corrected chi connectivity index (χ0v) is 27.0. The molecule has 4 heterocycles. The van der Waals surface area contributed by atoms with Crippen LogP contribution in [0.15, 0.2) is 128 Å². The van der Waals surface area contributed by atoms with Gasteiger partial charge in [0.1, 0.15) is 22.1 Å². The van der Waals surface area contributed by atoms with Crippen molar-refractivity contribution < 1.29 is 43.1 Å². The monoisotopic (exact) mass is 720 g/mol. The van der Waals surface area contributed by atoms with Gasteiger partial charge in [-0.1, -0.05) is 12.1 Å². The standard InChI is InChI=1S/C30H24O6P2.2ClH.Pd/c1-31-21-9-3-11-23(37(25-13-5-17-33-25)26-14-6-18-34-26)29(21)30-22(32-2)10-4-12-24(30)38(27-15-7-19-35-27)28-16-8-20-36-28;;;/h3-20H,1-2H3;2*1H;/q;;;+2. The van der Waals surface area contributed by atoms with Gasteiger partial charge in [0.15, 0.2) is 15.8 Å². The Morgan fingerprint density at radius 1 is 0.512 bits per heavy atom. The third-order valence-electron chi connectivity index (χ3n) is 6.35. The van der Waals surface area contributed by atoms with E-state index in [1.807, 2.05) is 72.8 Å². The molecule has 0 aliphatic carbocycles. The van der Waals surface area contributed by atoms with E-state index in [1.54, 1.807) is 39.3 Å². The van der Waals surface area contributed by atoms with Crippen LogP contribution in [0.2, 0.25) is 0 Å². The van der Waals surface area contributed by atoms with Gasteiger partial charge in [0.2, 0.25) is 0 Å². The number of ether oxygens (including phenoxy) is 2. The van der Waals surface area contributed by atoms with E-state index in [-0.39, 0.29) is 15.9 Å². The Bertz CT molecular complexity index is 1430. The van der Waals surface area contributed by atoms with Crippen molar-refractivity contribution >= 4 is 67.5 Å². The normalized spacial score (nSPS) is 11.1. The van der Waals surface area contributed by atoms with Crippen molar-refractivity contribution in [1.82, 2.24) is 0 Å². The van der Waals surface area contributed by atoms with Gasteiger partial charge >= 0.3 is 35.0 Å². The van der Waals surface area contributed by atoms with Crippen LogP contribution in [0.3, 0.4) is 0 Å². The van der Waals surface area contributed by atoms with Crippen molar-refractivity contribution in [2.45, 2.75) is 0 Å². The van der Waals surface area contributed by atoms with E-state index in [2.05, 4.69) is 12.1 Å². The molecule has 0 saturated carbocycles. The summed E-state index contributed by atoms with van der Waals surface area (Å²) < 4.78 is 35.9. The SMILES string of the molecule is COc1cccc([PH+](c2ccco2)c2ccco2)c1-c1c(OC)cccc1[PH+](c1ccco1)c1ccco1.[Cl][Pd][Cl]. The van der Waals surface area contributed by atoms with Crippen LogP contribution in [-0.2, 0) is 15.9 Å². The molecule has 11 heteroatoms. The van der Waals surface area contributed by atoms with Gasteiger partial charge in [-0.2, -0.15) is 0 Å². The van der Waals surface area contributed by atoms with Crippen LogP contribution >= 0.6 is 34.9 Å². The minimum absolute atomic E-state index is 0.106. The molecule has 214 valence electrons. The van der Waals surface area contributed by atoms with Gasteiger partial charge in [0.05, 0.1) is 50.4 Å². The molecule has 0 radical (unpaired) electrons. The van der Waals surface area contributed by atoms with Gasteiger partial charge in [-0.3, -0.25) is 0 Å². The first kappa shape index (κ1) is 29.7. The molecule has 0 N–H and O–H groups in total. The molecule has 0 spiro atoms. The zero-order valence-electron chi connectivity index (χ0n) is 21.9. The van der Waals surface area contributed by atoms with Crippen LogP contribution < -0.4 is 42.1 Å². The average molecular weight is 722 g/mol. The Kier molecular flexibility index (Phi) is 10.5. The third kappa shape index (κ3) is 6.37. The number of halogens is 2. The molecule has 0 fully saturated rings. The molecule has 0 aliphatic rings. The number of furan rings is 4. The number of rotatable bonds is 9. The number of hydrogen-bond acceptors (Lipinski definition) is 6. The first-order chi connectivity index (χ1) is 20.2. The van der Waals surface area contributed by atoms with E-state index in [1.165, 1.54) is 0 Å². The molecule has 0 unspecified atom stereocenters. The molecule has 0 amide bonds. The predicted molar refractivity (Wildman–Crippen MR) is 166 cm³/mol. The maximum absolute atomic E-state index is 6.00. The first-order valence-corrected chi connectivity index (χ1v) is 19.3. The van der Waals surface area contributed by atoms with Crippen molar-refractivity contribution in [2.75, 3.05) is 14.2 Å². The summed E-state index contributed by atoms with van der Waals surface area (Å²) in [6.07, 6.45) is 6.80. The van der Waals surface area contributed by atoms with Crippen molar-refractivity contribution in [3.63, 3.8) is 0 Å². The molecule has 4 aromatic heterocycles. The number of benzene rings is 2. The summed E-state index contributed by atoms with van der Waals surface area (Å²) in [5.41, 5.74) is 5.31. The summed E-state index contributed by atoms with van der Waals surface area (Å²) in [6.45, 7) is 0. The van der Waals surface area contributed by atoms with Crippen molar-refractivity contribution in [2.24, 2.45) is 0 Å². The Hall–Kier alpha value is -2.74. The van der Waals surface area contributed by atoms with E-state index in [0.717, 1.165) is 55.2 Å². The average Bonchev–Trinajstić information content (AvgIpc) is 3.83. The van der Waals surface area contributed by atoms with E-state index >= 15 is 0 Å². The van der Waals surface area contributed by atoms with Crippen molar-refractivity contribution in [3.05, 3.63) is 110 Å². The quantitative estimate of drug-likeness (QED) is 0.133. The first-order valence-electron chi connectivity index (χ1n) is 12.3.